The predicted octanol–water partition coefficient (Wildman–Crippen LogP) is 15.1. The van der Waals surface area contributed by atoms with Crippen molar-refractivity contribution in [2.45, 2.75) is 198 Å². The second kappa shape index (κ2) is 27.6. The SMILES string of the molecule is CCCCCCCCC1=C(c2cc(CCC)c(CCC)c(CCC)c2)[N+](=[N-])C(c2cc(C)c(C)c(C)c2)=C1CCCC.CCCC[O][Pd][O]CCCC. The number of rotatable bonds is 26. The van der Waals surface area contributed by atoms with E-state index < -0.39 is 0 Å². The van der Waals surface area contributed by atoms with Crippen LogP contribution in [0.3, 0.4) is 0 Å². The van der Waals surface area contributed by atoms with Gasteiger partial charge in [0.2, 0.25) is 11.4 Å². The molecule has 2 aromatic rings. The fourth-order valence-electron chi connectivity index (χ4n) is 7.34. The van der Waals surface area contributed by atoms with Crippen LogP contribution >= 0.6 is 0 Å². The third kappa shape index (κ3) is 15.3. The number of nitrogens with zero attached hydrogens (tertiary/aromatic N) is 2. The Morgan fingerprint density at radius 2 is 0.925 bits per heavy atom. The summed E-state index contributed by atoms with van der Waals surface area (Å²) >= 11 is 0.0757. The third-order valence-corrected chi connectivity index (χ3v) is 11.6. The predicted molar refractivity (Wildman–Crippen MR) is 226 cm³/mol. The van der Waals surface area contributed by atoms with E-state index in [0.717, 1.165) is 101 Å². The number of hydrogen-bond donors (Lipinski definition) is 0. The molecule has 1 aliphatic rings. The molecule has 5 heteroatoms. The van der Waals surface area contributed by atoms with Crippen molar-refractivity contribution in [2.24, 2.45) is 0 Å². The Hall–Kier alpha value is -1.90. The van der Waals surface area contributed by atoms with E-state index in [1.54, 1.807) is 10.3 Å². The standard InChI is InChI=1S/C40H60N2.2C4H9O.Pd/c1-9-14-16-17-18-19-24-38-37(23-15-10-2)39(34-25-29(6)31(8)30(7)26-34)42(41)40(38)35-27-32(20-11-3)36(22-13-5)33(28-35)21-12-4;2*1-2-3-4-5;/h25-28H,9-24H2,1-8H3;2*2-4H2,1H3;/q;2*-1;+2. The molecule has 1 aliphatic heterocycles. The Morgan fingerprint density at radius 3 is 1.40 bits per heavy atom. The first-order valence-corrected chi connectivity index (χ1v) is 23.0. The van der Waals surface area contributed by atoms with E-state index in [-0.39, 0.29) is 18.7 Å². The van der Waals surface area contributed by atoms with Crippen molar-refractivity contribution in [2.75, 3.05) is 13.2 Å². The number of hydrogen-bond acceptors (Lipinski definition) is 2. The third-order valence-electron chi connectivity index (χ3n) is 10.6. The molecule has 0 aromatic heterocycles. The van der Waals surface area contributed by atoms with Crippen molar-refractivity contribution < 1.29 is 30.3 Å². The van der Waals surface area contributed by atoms with Gasteiger partial charge < -0.3 is 5.53 Å². The zero-order chi connectivity index (χ0) is 39.0. The number of aryl methyl sites for hydroxylation is 4. The topological polar surface area (TPSA) is 43.8 Å². The average molecular weight is 822 g/mol. The molecular formula is C48H78N2O2Pd. The van der Waals surface area contributed by atoms with Gasteiger partial charge in [-0.3, -0.25) is 0 Å². The molecule has 4 nitrogen and oxygen atoms in total. The van der Waals surface area contributed by atoms with Crippen molar-refractivity contribution in [1.82, 2.24) is 0 Å². The first kappa shape index (κ1) is 47.3. The van der Waals surface area contributed by atoms with E-state index in [4.69, 9.17) is 6.92 Å². The minimum absolute atomic E-state index is 0.0757. The first-order valence-electron chi connectivity index (χ1n) is 21.8. The van der Waals surface area contributed by atoms with Gasteiger partial charge in [-0.1, -0.05) is 92.4 Å². The molecule has 53 heavy (non-hydrogen) atoms. The summed E-state index contributed by atoms with van der Waals surface area (Å²) < 4.78 is 12.1. The normalized spacial score (nSPS) is 13.1. The van der Waals surface area contributed by atoms with Crippen LogP contribution in [0, 0.1) is 20.8 Å². The molecule has 0 spiro atoms. The summed E-state index contributed by atoms with van der Waals surface area (Å²) in [4.78, 5) is 0. The monoisotopic (exact) mass is 821 g/mol. The molecule has 0 unspecified atom stereocenters. The van der Waals surface area contributed by atoms with Crippen LogP contribution in [0.4, 0.5) is 0 Å². The fourth-order valence-corrected chi connectivity index (χ4v) is 8.18. The van der Waals surface area contributed by atoms with Crippen LogP contribution in [-0.4, -0.2) is 17.9 Å². The molecule has 0 fully saturated rings. The molecular weight excluding hydrogens is 743 g/mol. The van der Waals surface area contributed by atoms with Crippen LogP contribution in [0.25, 0.3) is 16.9 Å². The van der Waals surface area contributed by atoms with Crippen LogP contribution < -0.4 is 0 Å². The molecule has 0 saturated heterocycles. The molecule has 0 aliphatic carbocycles. The number of allylic oxidation sites excluding steroid dienone is 2. The van der Waals surface area contributed by atoms with Crippen LogP contribution in [0.1, 0.15) is 202 Å². The molecule has 0 radical (unpaired) electrons. The average Bonchev–Trinajstić information content (AvgIpc) is 3.42. The molecule has 3 rings (SSSR count). The van der Waals surface area contributed by atoms with Gasteiger partial charge in [-0.2, -0.15) is 0 Å². The van der Waals surface area contributed by atoms with Gasteiger partial charge in [0.15, 0.2) is 0 Å². The maximum absolute atomic E-state index is 12.3. The van der Waals surface area contributed by atoms with Gasteiger partial charge in [0.05, 0.1) is 0 Å². The zero-order valence-electron chi connectivity index (χ0n) is 35.9. The van der Waals surface area contributed by atoms with Crippen molar-refractivity contribution >= 4 is 11.4 Å². The second-order valence-electron chi connectivity index (χ2n) is 15.2. The summed E-state index contributed by atoms with van der Waals surface area (Å²) in [5.41, 5.74) is 28.0. The Morgan fingerprint density at radius 1 is 0.491 bits per heavy atom. The number of unbranched alkanes of at least 4 members (excludes halogenated alkanes) is 8. The fraction of sp³-hybridized carbons (Fsp3) is 0.667. The summed E-state index contributed by atoms with van der Waals surface area (Å²) in [6.45, 7) is 24.1. The maximum atomic E-state index is 12.3. The van der Waals surface area contributed by atoms with Crippen molar-refractivity contribution in [1.29, 1.82) is 0 Å². The van der Waals surface area contributed by atoms with Crippen molar-refractivity contribution in [3.8, 4) is 0 Å². The van der Waals surface area contributed by atoms with Gasteiger partial charge in [-0.15, -0.1) is 0 Å². The van der Waals surface area contributed by atoms with Crippen molar-refractivity contribution in [3.63, 3.8) is 0 Å². The summed E-state index contributed by atoms with van der Waals surface area (Å²) in [6.07, 6.45) is 23.5. The minimum atomic E-state index is 0.0757. The van der Waals surface area contributed by atoms with Crippen LogP contribution in [0.2, 0.25) is 0 Å². The van der Waals surface area contributed by atoms with E-state index in [2.05, 4.69) is 93.5 Å². The molecule has 302 valence electrons. The van der Waals surface area contributed by atoms with E-state index >= 15 is 0 Å². The van der Waals surface area contributed by atoms with Gasteiger partial charge in [0, 0.05) is 22.3 Å². The summed E-state index contributed by atoms with van der Waals surface area (Å²) in [6, 6.07) is 9.49. The summed E-state index contributed by atoms with van der Waals surface area (Å²) in [7, 11) is 0. The number of benzene rings is 2. The van der Waals surface area contributed by atoms with Gasteiger partial charge in [-0.05, 0) is 123 Å². The Bertz CT molecular complexity index is 1380. The molecule has 1 heterocycles. The van der Waals surface area contributed by atoms with Gasteiger partial charge >= 0.3 is 78.4 Å². The van der Waals surface area contributed by atoms with Gasteiger partial charge in [-0.25, -0.2) is 4.70 Å². The molecule has 2 aromatic carbocycles. The van der Waals surface area contributed by atoms with E-state index in [1.807, 2.05) is 0 Å². The first-order chi connectivity index (χ1) is 25.7. The molecule has 0 atom stereocenters. The quantitative estimate of drug-likeness (QED) is 0.0539. The Labute approximate surface area is 336 Å². The molecule has 0 bridgehead atoms. The Kier molecular flexibility index (Phi) is 24.6. The van der Waals surface area contributed by atoms with Gasteiger partial charge in [0.1, 0.15) is 0 Å². The Balaban J connectivity index is 0.000000763. The van der Waals surface area contributed by atoms with Gasteiger partial charge in [0.25, 0.3) is 0 Å². The molecule has 0 saturated carbocycles. The van der Waals surface area contributed by atoms with Crippen LogP contribution in [0.15, 0.2) is 35.4 Å². The second-order valence-corrected chi connectivity index (χ2v) is 16.4. The van der Waals surface area contributed by atoms with E-state index in [0.29, 0.717) is 0 Å². The van der Waals surface area contributed by atoms with Crippen molar-refractivity contribution in [3.05, 3.63) is 85.5 Å². The van der Waals surface area contributed by atoms with E-state index in [1.165, 1.54) is 102 Å². The summed E-state index contributed by atoms with van der Waals surface area (Å²) in [5.74, 6) is 0. The zero-order valence-corrected chi connectivity index (χ0v) is 37.4. The van der Waals surface area contributed by atoms with Crippen LogP contribution in [-0.2, 0) is 44.9 Å². The molecule has 0 N–H and O–H groups in total. The van der Waals surface area contributed by atoms with E-state index in [9.17, 15) is 5.53 Å². The molecule has 0 amide bonds. The summed E-state index contributed by atoms with van der Waals surface area (Å²) in [5, 5.41) is 0. The van der Waals surface area contributed by atoms with Crippen LogP contribution in [0.5, 0.6) is 0 Å².